The van der Waals surface area contributed by atoms with Crippen LogP contribution in [0.3, 0.4) is 0 Å². The minimum Gasteiger partial charge on any atom is -0.383 e. The first kappa shape index (κ1) is 18.8. The number of carbonyl (C=O) groups is 1. The van der Waals surface area contributed by atoms with E-state index in [1.807, 2.05) is 42.8 Å². The van der Waals surface area contributed by atoms with Gasteiger partial charge in [0.05, 0.1) is 10.9 Å². The van der Waals surface area contributed by atoms with Crippen molar-refractivity contribution >= 4 is 28.4 Å². The molecule has 0 unspecified atom stereocenters. The standard InChI is InChI=1S/C20H26N6O/c1-12(2)10-15(27)24-14-8-6-13(7-9-14)17-16-18(21)22-11-23-19(16)26(25-17)20(3,4)5/h6-9,11-12H,10H2,1-5H3,(H,24,27)(H2,21,22,23). The molecule has 0 saturated heterocycles. The van der Waals surface area contributed by atoms with Gasteiger partial charge in [0.1, 0.15) is 17.8 Å². The second-order valence-corrected chi connectivity index (χ2v) is 8.11. The maximum atomic E-state index is 12.0. The molecule has 3 N–H and O–H groups in total. The van der Waals surface area contributed by atoms with Crippen LogP contribution in [0.15, 0.2) is 30.6 Å². The molecule has 0 aliphatic heterocycles. The van der Waals surface area contributed by atoms with Crippen LogP contribution in [-0.4, -0.2) is 25.7 Å². The molecule has 1 amide bonds. The molecule has 0 radical (unpaired) electrons. The summed E-state index contributed by atoms with van der Waals surface area (Å²) in [6, 6.07) is 7.59. The van der Waals surface area contributed by atoms with E-state index in [1.54, 1.807) is 0 Å². The number of hydrogen-bond donors (Lipinski definition) is 2. The summed E-state index contributed by atoms with van der Waals surface area (Å²) in [4.78, 5) is 20.5. The van der Waals surface area contributed by atoms with Crippen molar-refractivity contribution in [3.8, 4) is 11.3 Å². The van der Waals surface area contributed by atoms with Crippen LogP contribution in [0.2, 0.25) is 0 Å². The number of rotatable bonds is 4. The Bertz CT molecular complexity index is 967. The van der Waals surface area contributed by atoms with E-state index >= 15 is 0 Å². The first-order chi connectivity index (χ1) is 12.7. The van der Waals surface area contributed by atoms with E-state index in [2.05, 4.69) is 36.1 Å². The van der Waals surface area contributed by atoms with E-state index < -0.39 is 0 Å². The lowest BCUT2D eigenvalue weighted by Gasteiger charge is -2.19. The Morgan fingerprint density at radius 2 is 1.85 bits per heavy atom. The van der Waals surface area contributed by atoms with Gasteiger partial charge in [-0.3, -0.25) is 4.79 Å². The highest BCUT2D eigenvalue weighted by Gasteiger charge is 2.23. The topological polar surface area (TPSA) is 98.7 Å². The van der Waals surface area contributed by atoms with E-state index in [0.29, 0.717) is 23.8 Å². The van der Waals surface area contributed by atoms with Gasteiger partial charge in [-0.05, 0) is 38.8 Å². The Labute approximate surface area is 159 Å². The molecule has 2 heterocycles. The monoisotopic (exact) mass is 366 g/mol. The van der Waals surface area contributed by atoms with Crippen molar-refractivity contribution < 1.29 is 4.79 Å². The van der Waals surface area contributed by atoms with Gasteiger partial charge in [-0.15, -0.1) is 0 Å². The van der Waals surface area contributed by atoms with Crippen molar-refractivity contribution in [2.24, 2.45) is 5.92 Å². The van der Waals surface area contributed by atoms with Crippen LogP contribution >= 0.6 is 0 Å². The summed E-state index contributed by atoms with van der Waals surface area (Å²) in [5.41, 5.74) is 8.98. The maximum Gasteiger partial charge on any atom is 0.224 e. The Morgan fingerprint density at radius 3 is 2.44 bits per heavy atom. The molecule has 0 atom stereocenters. The first-order valence-electron chi connectivity index (χ1n) is 9.07. The van der Waals surface area contributed by atoms with Crippen molar-refractivity contribution in [3.63, 3.8) is 0 Å². The fourth-order valence-electron chi connectivity index (χ4n) is 2.94. The fraction of sp³-hybridized carbons (Fsp3) is 0.400. The SMILES string of the molecule is CC(C)CC(=O)Nc1ccc(-c2nn(C(C)(C)C)c3ncnc(N)c23)cc1. The van der Waals surface area contributed by atoms with Gasteiger partial charge in [-0.25, -0.2) is 14.6 Å². The third-order valence-electron chi connectivity index (χ3n) is 4.17. The molecule has 1 aromatic carbocycles. The summed E-state index contributed by atoms with van der Waals surface area (Å²) in [5.74, 6) is 0.734. The number of nitrogens with one attached hydrogen (secondary N) is 1. The largest absolute Gasteiger partial charge is 0.383 e. The summed E-state index contributed by atoms with van der Waals surface area (Å²) in [7, 11) is 0. The van der Waals surface area contributed by atoms with Gasteiger partial charge in [-0.1, -0.05) is 26.0 Å². The van der Waals surface area contributed by atoms with Crippen LogP contribution < -0.4 is 11.1 Å². The van der Waals surface area contributed by atoms with Crippen LogP contribution in [0, 0.1) is 5.92 Å². The average molecular weight is 366 g/mol. The van der Waals surface area contributed by atoms with Gasteiger partial charge in [0.25, 0.3) is 0 Å². The van der Waals surface area contributed by atoms with Crippen molar-refractivity contribution in [3.05, 3.63) is 30.6 Å². The minimum absolute atomic E-state index is 0.0119. The number of anilines is 2. The highest BCUT2D eigenvalue weighted by molar-refractivity contribution is 5.98. The predicted molar refractivity (Wildman–Crippen MR) is 108 cm³/mol. The first-order valence-corrected chi connectivity index (χ1v) is 9.07. The molecule has 142 valence electrons. The number of carbonyl (C=O) groups excluding carboxylic acids is 1. The second-order valence-electron chi connectivity index (χ2n) is 8.11. The van der Waals surface area contributed by atoms with E-state index in [9.17, 15) is 4.79 Å². The normalized spacial score (nSPS) is 11.9. The van der Waals surface area contributed by atoms with Crippen molar-refractivity contribution in [1.29, 1.82) is 0 Å². The second kappa shape index (κ2) is 6.98. The zero-order chi connectivity index (χ0) is 19.8. The molecule has 0 aliphatic carbocycles. The fourth-order valence-corrected chi connectivity index (χ4v) is 2.94. The maximum absolute atomic E-state index is 12.0. The molecule has 0 aliphatic rings. The van der Waals surface area contributed by atoms with Crippen LogP contribution in [0.4, 0.5) is 11.5 Å². The summed E-state index contributed by atoms with van der Waals surface area (Å²) >= 11 is 0. The number of amides is 1. The molecule has 3 aromatic rings. The quantitative estimate of drug-likeness (QED) is 0.731. The third kappa shape index (κ3) is 3.92. The third-order valence-corrected chi connectivity index (χ3v) is 4.17. The molecule has 0 bridgehead atoms. The molecule has 2 aromatic heterocycles. The Balaban J connectivity index is 2.00. The lowest BCUT2D eigenvalue weighted by Crippen LogP contribution is -2.23. The summed E-state index contributed by atoms with van der Waals surface area (Å²) in [6.45, 7) is 10.2. The van der Waals surface area contributed by atoms with E-state index in [4.69, 9.17) is 10.8 Å². The highest BCUT2D eigenvalue weighted by Crippen LogP contribution is 2.33. The molecule has 7 heteroatoms. The Morgan fingerprint density at radius 1 is 1.19 bits per heavy atom. The zero-order valence-corrected chi connectivity index (χ0v) is 16.4. The molecule has 0 spiro atoms. The lowest BCUT2D eigenvalue weighted by atomic mass is 10.1. The minimum atomic E-state index is -0.248. The Hall–Kier alpha value is -2.96. The van der Waals surface area contributed by atoms with Crippen molar-refractivity contribution in [1.82, 2.24) is 19.7 Å². The number of nitrogens with two attached hydrogens (primary N) is 1. The van der Waals surface area contributed by atoms with Gasteiger partial charge in [0.2, 0.25) is 5.91 Å². The summed E-state index contributed by atoms with van der Waals surface area (Å²) in [6.07, 6.45) is 1.95. The van der Waals surface area contributed by atoms with Crippen LogP contribution in [0.25, 0.3) is 22.3 Å². The van der Waals surface area contributed by atoms with Gasteiger partial charge < -0.3 is 11.1 Å². The van der Waals surface area contributed by atoms with E-state index in [-0.39, 0.29) is 11.4 Å². The number of benzene rings is 1. The molecular formula is C20H26N6O. The molecule has 3 rings (SSSR count). The molecule has 27 heavy (non-hydrogen) atoms. The molecular weight excluding hydrogens is 340 g/mol. The van der Waals surface area contributed by atoms with Crippen LogP contribution in [0.1, 0.15) is 41.0 Å². The lowest BCUT2D eigenvalue weighted by molar-refractivity contribution is -0.116. The molecule has 7 nitrogen and oxygen atoms in total. The number of aromatic nitrogens is 4. The number of nitrogens with zero attached hydrogens (tertiary/aromatic N) is 4. The van der Waals surface area contributed by atoms with Crippen LogP contribution in [-0.2, 0) is 10.3 Å². The molecule has 0 saturated carbocycles. The summed E-state index contributed by atoms with van der Waals surface area (Å²) < 4.78 is 1.87. The summed E-state index contributed by atoms with van der Waals surface area (Å²) in [5, 5.41) is 8.42. The highest BCUT2D eigenvalue weighted by atomic mass is 16.1. The zero-order valence-electron chi connectivity index (χ0n) is 16.4. The van der Waals surface area contributed by atoms with E-state index in [0.717, 1.165) is 22.3 Å². The smallest absolute Gasteiger partial charge is 0.224 e. The van der Waals surface area contributed by atoms with E-state index in [1.165, 1.54) is 6.33 Å². The van der Waals surface area contributed by atoms with Crippen molar-refractivity contribution in [2.45, 2.75) is 46.6 Å². The predicted octanol–water partition coefficient (Wildman–Crippen LogP) is 3.82. The van der Waals surface area contributed by atoms with Crippen molar-refractivity contribution in [2.75, 3.05) is 11.1 Å². The van der Waals surface area contributed by atoms with Gasteiger partial charge in [0, 0.05) is 17.7 Å². The Kier molecular flexibility index (Phi) is 4.87. The molecule has 0 fully saturated rings. The number of fused-ring (bicyclic) bond motifs is 1. The van der Waals surface area contributed by atoms with Crippen LogP contribution in [0.5, 0.6) is 0 Å². The average Bonchev–Trinajstić information content (AvgIpc) is 2.96. The van der Waals surface area contributed by atoms with Gasteiger partial charge in [-0.2, -0.15) is 5.10 Å². The number of nitrogen functional groups attached to an aromatic ring is 1. The van der Waals surface area contributed by atoms with Gasteiger partial charge in [0.15, 0.2) is 5.65 Å². The number of hydrogen-bond acceptors (Lipinski definition) is 5. The van der Waals surface area contributed by atoms with Gasteiger partial charge >= 0.3 is 0 Å².